The Hall–Kier alpha value is 0.210. The Morgan fingerprint density at radius 1 is 1.50 bits per heavy atom. The van der Waals surface area contributed by atoms with E-state index in [1.54, 1.807) is 0 Å². The first-order chi connectivity index (χ1) is 4.18. The number of halogens is 1. The van der Waals surface area contributed by atoms with Crippen LogP contribution in [0.4, 0.5) is 0 Å². The summed E-state index contributed by atoms with van der Waals surface area (Å²) < 4.78 is 0. The molecule has 0 saturated carbocycles. The van der Waals surface area contributed by atoms with Crippen LogP contribution in [0.15, 0.2) is 0 Å². The maximum absolute atomic E-state index is 9.62. The van der Waals surface area contributed by atoms with Crippen LogP contribution in [0.3, 0.4) is 0 Å². The molecule has 0 aliphatic carbocycles. The minimum Gasteiger partial charge on any atom is -0.388 e. The molecule has 2 heterocycles. The third-order valence-electron chi connectivity index (χ3n) is 2.65. The first-order valence-electron chi connectivity index (χ1n) is 3.67. The van der Waals surface area contributed by atoms with Gasteiger partial charge in [0.25, 0.3) is 0 Å². The quantitative estimate of drug-likeness (QED) is 0.551. The predicted octanol–water partition coefficient (Wildman–Crippen LogP) is 0.683. The van der Waals surface area contributed by atoms with Crippen molar-refractivity contribution in [1.29, 1.82) is 0 Å². The first-order valence-corrected chi connectivity index (χ1v) is 3.67. The topological polar surface area (TPSA) is 32.3 Å². The largest absolute Gasteiger partial charge is 0.388 e. The average Bonchev–Trinajstić information content (AvgIpc) is 2.19. The summed E-state index contributed by atoms with van der Waals surface area (Å²) in [5, 5.41) is 13.0. The highest BCUT2D eigenvalue weighted by atomic mass is 35.5. The molecule has 0 aromatic carbocycles. The molecule has 10 heavy (non-hydrogen) atoms. The summed E-state index contributed by atoms with van der Waals surface area (Å²) in [6, 6.07) is 1.01. The van der Waals surface area contributed by atoms with Gasteiger partial charge in [-0.3, -0.25) is 0 Å². The number of aliphatic hydroxyl groups is 1. The third kappa shape index (κ3) is 1.04. The van der Waals surface area contributed by atoms with Crippen molar-refractivity contribution in [2.45, 2.75) is 43.9 Å². The number of fused-ring (bicyclic) bond motifs is 2. The smallest absolute Gasteiger partial charge is 0.0786 e. The van der Waals surface area contributed by atoms with Gasteiger partial charge in [0, 0.05) is 12.1 Å². The summed E-state index contributed by atoms with van der Waals surface area (Å²) in [5.41, 5.74) is -0.400. The van der Waals surface area contributed by atoms with Gasteiger partial charge in [0.2, 0.25) is 0 Å². The summed E-state index contributed by atoms with van der Waals surface area (Å²) in [6.07, 6.45) is 3.39. The van der Waals surface area contributed by atoms with Crippen LogP contribution in [-0.4, -0.2) is 22.8 Å². The summed E-state index contributed by atoms with van der Waals surface area (Å²) in [5.74, 6) is 0. The molecule has 0 aromatic rings. The lowest BCUT2D eigenvalue weighted by molar-refractivity contribution is 0.0352. The van der Waals surface area contributed by atoms with E-state index in [9.17, 15) is 5.11 Å². The lowest BCUT2D eigenvalue weighted by Crippen LogP contribution is -2.38. The van der Waals surface area contributed by atoms with Crippen LogP contribution in [0.5, 0.6) is 0 Å². The minimum atomic E-state index is -0.400. The van der Waals surface area contributed by atoms with Crippen molar-refractivity contribution >= 4 is 12.4 Å². The normalized spacial score (nSPS) is 51.0. The molecule has 2 saturated heterocycles. The lowest BCUT2D eigenvalue weighted by Gasteiger charge is -2.25. The highest BCUT2D eigenvalue weighted by molar-refractivity contribution is 5.85. The number of hydrogen-bond acceptors (Lipinski definition) is 2. The molecule has 0 spiro atoms. The molecule has 0 radical (unpaired) electrons. The fourth-order valence-electron chi connectivity index (χ4n) is 2.11. The number of hydrogen-bond donors (Lipinski definition) is 2. The van der Waals surface area contributed by atoms with E-state index in [0.29, 0.717) is 12.1 Å². The Morgan fingerprint density at radius 2 is 2.20 bits per heavy atom. The molecule has 0 aromatic heterocycles. The van der Waals surface area contributed by atoms with E-state index >= 15 is 0 Å². The van der Waals surface area contributed by atoms with Crippen LogP contribution in [0.25, 0.3) is 0 Å². The maximum Gasteiger partial charge on any atom is 0.0786 e. The first kappa shape index (κ1) is 8.31. The van der Waals surface area contributed by atoms with E-state index in [1.807, 2.05) is 6.92 Å². The Bertz CT molecular complexity index is 138. The van der Waals surface area contributed by atoms with Crippen LogP contribution in [0.2, 0.25) is 0 Å². The van der Waals surface area contributed by atoms with Gasteiger partial charge in [-0.05, 0) is 26.2 Å². The SMILES string of the molecule is C[C@@]1(O)C[C@@H]2CC[C@H]1N2.Cl. The average molecular weight is 164 g/mol. The minimum absolute atomic E-state index is 0. The van der Waals surface area contributed by atoms with E-state index in [1.165, 1.54) is 6.42 Å². The van der Waals surface area contributed by atoms with Gasteiger partial charge in [0.1, 0.15) is 0 Å². The van der Waals surface area contributed by atoms with Crippen LogP contribution in [0.1, 0.15) is 26.2 Å². The van der Waals surface area contributed by atoms with Crippen LogP contribution < -0.4 is 5.32 Å². The molecule has 2 rings (SSSR count). The molecule has 2 aliphatic rings. The fourth-order valence-corrected chi connectivity index (χ4v) is 2.11. The van der Waals surface area contributed by atoms with Gasteiger partial charge in [-0.15, -0.1) is 12.4 Å². The molecular weight excluding hydrogens is 150 g/mol. The fraction of sp³-hybridized carbons (Fsp3) is 1.00. The molecule has 3 atom stereocenters. The van der Waals surface area contributed by atoms with Gasteiger partial charge in [0.05, 0.1) is 5.60 Å². The van der Waals surface area contributed by atoms with E-state index in [2.05, 4.69) is 5.32 Å². The van der Waals surface area contributed by atoms with Gasteiger partial charge in [0.15, 0.2) is 0 Å². The summed E-state index contributed by atoms with van der Waals surface area (Å²) in [6.45, 7) is 1.93. The van der Waals surface area contributed by atoms with Gasteiger partial charge in [-0.25, -0.2) is 0 Å². The van der Waals surface area contributed by atoms with Crippen molar-refractivity contribution in [3.8, 4) is 0 Å². The van der Waals surface area contributed by atoms with Crippen LogP contribution in [-0.2, 0) is 0 Å². The lowest BCUT2D eigenvalue weighted by atomic mass is 9.87. The molecule has 2 aliphatic heterocycles. The number of rotatable bonds is 0. The molecular formula is C7H14ClNO. The van der Waals surface area contributed by atoms with Crippen LogP contribution >= 0.6 is 12.4 Å². The van der Waals surface area contributed by atoms with Crippen molar-refractivity contribution in [3.05, 3.63) is 0 Å². The summed E-state index contributed by atoms with van der Waals surface area (Å²) >= 11 is 0. The summed E-state index contributed by atoms with van der Waals surface area (Å²) in [4.78, 5) is 0. The Balaban J connectivity index is 0.000000500. The molecule has 2 nitrogen and oxygen atoms in total. The van der Waals surface area contributed by atoms with Crippen molar-refractivity contribution in [2.24, 2.45) is 0 Å². The standard InChI is InChI=1S/C7H13NO.ClH/c1-7(9)4-5-2-3-6(7)8-5;/h5-6,8-9H,2-4H2,1H3;1H/t5-,6+,7+;/m0./s1. The van der Waals surface area contributed by atoms with Gasteiger partial charge < -0.3 is 10.4 Å². The van der Waals surface area contributed by atoms with Gasteiger partial charge in [-0.1, -0.05) is 0 Å². The van der Waals surface area contributed by atoms with E-state index in [0.717, 1.165) is 12.8 Å². The molecule has 2 fully saturated rings. The second-order valence-electron chi connectivity index (χ2n) is 3.55. The van der Waals surface area contributed by atoms with Gasteiger partial charge in [-0.2, -0.15) is 0 Å². The summed E-state index contributed by atoms with van der Waals surface area (Å²) in [7, 11) is 0. The molecule has 2 bridgehead atoms. The molecule has 2 N–H and O–H groups in total. The zero-order chi connectivity index (χ0) is 6.48. The highest BCUT2D eigenvalue weighted by Crippen LogP contribution is 2.35. The van der Waals surface area contributed by atoms with E-state index in [-0.39, 0.29) is 12.4 Å². The predicted molar refractivity (Wildman–Crippen MR) is 42.4 cm³/mol. The maximum atomic E-state index is 9.62. The Kier molecular flexibility index (Phi) is 1.96. The zero-order valence-corrected chi connectivity index (χ0v) is 6.95. The molecule has 60 valence electrons. The molecule has 0 unspecified atom stereocenters. The molecule has 3 heteroatoms. The third-order valence-corrected chi connectivity index (χ3v) is 2.65. The van der Waals surface area contributed by atoms with Crippen molar-refractivity contribution in [1.82, 2.24) is 5.32 Å². The zero-order valence-electron chi connectivity index (χ0n) is 6.13. The van der Waals surface area contributed by atoms with E-state index in [4.69, 9.17) is 0 Å². The molecule has 0 amide bonds. The van der Waals surface area contributed by atoms with Crippen LogP contribution in [0, 0.1) is 0 Å². The van der Waals surface area contributed by atoms with Gasteiger partial charge >= 0.3 is 0 Å². The Labute approximate surface area is 67.4 Å². The van der Waals surface area contributed by atoms with E-state index < -0.39 is 5.60 Å². The van der Waals surface area contributed by atoms with Crippen molar-refractivity contribution in [3.63, 3.8) is 0 Å². The van der Waals surface area contributed by atoms with Crippen molar-refractivity contribution in [2.75, 3.05) is 0 Å². The van der Waals surface area contributed by atoms with Crippen molar-refractivity contribution < 1.29 is 5.11 Å². The Morgan fingerprint density at radius 3 is 2.40 bits per heavy atom. The second-order valence-corrected chi connectivity index (χ2v) is 3.55. The second kappa shape index (κ2) is 2.36. The number of nitrogens with one attached hydrogen (secondary N) is 1. The highest BCUT2D eigenvalue weighted by Gasteiger charge is 2.46. The monoisotopic (exact) mass is 163 g/mol.